The fourth-order valence-electron chi connectivity index (χ4n) is 3.54. The van der Waals surface area contributed by atoms with Crippen molar-refractivity contribution in [3.8, 4) is 0 Å². The van der Waals surface area contributed by atoms with Crippen LogP contribution in [-0.2, 0) is 32.7 Å². The van der Waals surface area contributed by atoms with Crippen molar-refractivity contribution in [3.05, 3.63) is 0 Å². The van der Waals surface area contributed by atoms with Crippen LogP contribution in [0.2, 0.25) is 0 Å². The first-order valence-electron chi connectivity index (χ1n) is 14.3. The number of hydrogen-bond donors (Lipinski definition) is 1. The second-order valence-electron chi connectivity index (χ2n) is 10.8. The number of carbonyl (C=O) groups excluding carboxylic acids is 2. The van der Waals surface area contributed by atoms with Crippen molar-refractivity contribution >= 4 is 19.8 Å². The predicted molar refractivity (Wildman–Crippen MR) is 146 cm³/mol. The van der Waals surface area contributed by atoms with Crippen molar-refractivity contribution in [1.82, 2.24) is 0 Å². The zero-order chi connectivity index (χ0) is 28.0. The van der Waals surface area contributed by atoms with Gasteiger partial charge < -0.3 is 18.9 Å². The van der Waals surface area contributed by atoms with Crippen molar-refractivity contribution in [2.45, 2.75) is 116 Å². The maximum Gasteiger partial charge on any atom is 0.472 e. The van der Waals surface area contributed by atoms with Crippen LogP contribution < -0.4 is 0 Å². The minimum atomic E-state index is -4.34. The Hall–Kier alpha value is -0.990. The normalized spacial score (nSPS) is 14.2. The van der Waals surface area contributed by atoms with Gasteiger partial charge in [-0.3, -0.25) is 18.6 Å². The van der Waals surface area contributed by atoms with Gasteiger partial charge in [0, 0.05) is 12.8 Å². The van der Waals surface area contributed by atoms with E-state index in [1.807, 2.05) is 21.1 Å². The number of hydrogen-bond acceptors (Lipinski definition) is 7. The summed E-state index contributed by atoms with van der Waals surface area (Å²) in [4.78, 5) is 34.5. The molecule has 0 saturated heterocycles. The van der Waals surface area contributed by atoms with Crippen LogP contribution in [0.25, 0.3) is 0 Å². The summed E-state index contributed by atoms with van der Waals surface area (Å²) in [6.07, 6.45) is 13.4. The topological polar surface area (TPSA) is 108 Å². The summed E-state index contributed by atoms with van der Waals surface area (Å²) in [7, 11) is 1.48. The molecule has 0 aromatic rings. The largest absolute Gasteiger partial charge is 0.472 e. The van der Waals surface area contributed by atoms with Gasteiger partial charge in [0.15, 0.2) is 6.10 Å². The number of likely N-dealkylation sites (N-methyl/N-ethyl adjacent to an activating group) is 1. The highest BCUT2D eigenvalue weighted by Crippen LogP contribution is 2.43. The number of nitrogens with zero attached hydrogens (tertiary/aromatic N) is 1. The smallest absolute Gasteiger partial charge is 0.462 e. The molecule has 0 fully saturated rings. The van der Waals surface area contributed by atoms with Gasteiger partial charge in [-0.25, -0.2) is 4.57 Å². The van der Waals surface area contributed by atoms with Crippen molar-refractivity contribution < 1.29 is 42.1 Å². The van der Waals surface area contributed by atoms with Gasteiger partial charge in [0.2, 0.25) is 0 Å². The third-order valence-corrected chi connectivity index (χ3v) is 6.87. The van der Waals surface area contributed by atoms with Crippen LogP contribution in [-0.4, -0.2) is 74.9 Å². The highest BCUT2D eigenvalue weighted by Gasteiger charge is 2.27. The lowest BCUT2D eigenvalue weighted by atomic mass is 10.1. The van der Waals surface area contributed by atoms with Crippen molar-refractivity contribution in [2.75, 3.05) is 47.5 Å². The third kappa shape index (κ3) is 25.1. The third-order valence-electron chi connectivity index (χ3n) is 5.89. The number of esters is 2. The van der Waals surface area contributed by atoms with E-state index in [0.29, 0.717) is 23.9 Å². The number of phosphoric acid groups is 1. The van der Waals surface area contributed by atoms with Gasteiger partial charge in [-0.1, -0.05) is 84.5 Å². The Balaban J connectivity index is 4.58. The van der Waals surface area contributed by atoms with Gasteiger partial charge in [0.25, 0.3) is 0 Å². The first-order valence-corrected chi connectivity index (χ1v) is 15.8. The van der Waals surface area contributed by atoms with Gasteiger partial charge in [-0.2, -0.15) is 0 Å². The zero-order valence-electron chi connectivity index (χ0n) is 24.2. The van der Waals surface area contributed by atoms with Crippen LogP contribution in [0.3, 0.4) is 0 Å². The summed E-state index contributed by atoms with van der Waals surface area (Å²) < 4.78 is 33.6. The number of quaternary nitrogens is 1. The van der Waals surface area contributed by atoms with Gasteiger partial charge in [0.1, 0.15) is 19.8 Å². The summed E-state index contributed by atoms with van der Waals surface area (Å²) in [5.74, 6) is -0.817. The van der Waals surface area contributed by atoms with Crippen LogP contribution in [0.15, 0.2) is 0 Å². The molecule has 0 aliphatic carbocycles. The van der Waals surface area contributed by atoms with E-state index in [1.54, 1.807) is 0 Å². The molecular weight excluding hydrogens is 497 g/mol. The Labute approximate surface area is 225 Å². The number of unbranched alkanes of at least 4 members (excludes halogenated alkanes) is 11. The van der Waals surface area contributed by atoms with E-state index in [0.717, 1.165) is 44.9 Å². The Morgan fingerprint density at radius 2 is 1.22 bits per heavy atom. The molecule has 0 aliphatic rings. The molecule has 0 rings (SSSR count). The molecule has 0 aromatic carbocycles. The molecule has 0 aromatic heterocycles. The van der Waals surface area contributed by atoms with Gasteiger partial charge in [-0.05, 0) is 12.8 Å². The average molecular weight is 553 g/mol. The van der Waals surface area contributed by atoms with E-state index in [4.69, 9.17) is 18.5 Å². The van der Waals surface area contributed by atoms with Crippen molar-refractivity contribution in [2.24, 2.45) is 0 Å². The van der Waals surface area contributed by atoms with Crippen LogP contribution in [0, 0.1) is 0 Å². The molecule has 10 heteroatoms. The van der Waals surface area contributed by atoms with Gasteiger partial charge in [0.05, 0.1) is 27.7 Å². The summed E-state index contributed by atoms with van der Waals surface area (Å²) in [5, 5.41) is 0. The number of ether oxygens (including phenoxy) is 2. The number of phosphoric ester groups is 1. The molecule has 1 N–H and O–H groups in total. The molecule has 0 heterocycles. The van der Waals surface area contributed by atoms with Gasteiger partial charge in [-0.15, -0.1) is 0 Å². The number of rotatable bonds is 25. The molecule has 0 spiro atoms. The predicted octanol–water partition coefficient (Wildman–Crippen LogP) is 6.17. The van der Waals surface area contributed by atoms with E-state index in [2.05, 4.69) is 13.8 Å². The minimum Gasteiger partial charge on any atom is -0.462 e. The van der Waals surface area contributed by atoms with E-state index in [-0.39, 0.29) is 25.6 Å². The van der Waals surface area contributed by atoms with Crippen LogP contribution in [0.1, 0.15) is 110 Å². The summed E-state index contributed by atoms with van der Waals surface area (Å²) in [6.45, 7) is 4.26. The molecule has 0 aliphatic heterocycles. The van der Waals surface area contributed by atoms with Crippen LogP contribution >= 0.6 is 7.82 Å². The van der Waals surface area contributed by atoms with E-state index in [1.165, 1.54) is 32.1 Å². The fraction of sp³-hybridized carbons (Fsp3) is 0.926. The first kappa shape index (κ1) is 36.0. The Morgan fingerprint density at radius 1 is 0.730 bits per heavy atom. The molecular formula is C27H55NO8P+. The molecule has 9 nitrogen and oxygen atoms in total. The Bertz CT molecular complexity index is 638. The van der Waals surface area contributed by atoms with Crippen LogP contribution in [0.4, 0.5) is 0 Å². The van der Waals surface area contributed by atoms with Gasteiger partial charge >= 0.3 is 19.8 Å². The molecule has 2 atom stereocenters. The maximum atomic E-state index is 12.3. The molecule has 2 unspecified atom stereocenters. The fourth-order valence-corrected chi connectivity index (χ4v) is 4.28. The lowest BCUT2D eigenvalue weighted by Gasteiger charge is -2.24. The van der Waals surface area contributed by atoms with E-state index < -0.39 is 26.5 Å². The number of carbonyl (C=O) groups is 2. The lowest BCUT2D eigenvalue weighted by molar-refractivity contribution is -0.870. The van der Waals surface area contributed by atoms with E-state index in [9.17, 15) is 19.0 Å². The standard InChI is InChI=1S/C27H54NO8P/c1-6-8-10-12-14-16-17-19-26(29)33-23-25(36-27(30)20-18-15-13-11-9-7-2)24-35-37(31,32)34-22-21-28(3,4)5/h25H,6-24H2,1-5H3/p+1. The highest BCUT2D eigenvalue weighted by atomic mass is 31.2. The minimum absolute atomic E-state index is 0.0349. The quantitative estimate of drug-likeness (QED) is 0.0620. The second kappa shape index (κ2) is 21.9. The summed E-state index contributed by atoms with van der Waals surface area (Å²) in [6, 6.07) is 0. The summed E-state index contributed by atoms with van der Waals surface area (Å²) >= 11 is 0. The SMILES string of the molecule is CCCCCCCCCC(=O)OCC(COP(=O)(O)OCC[N+](C)(C)C)OC(=O)CCCCCCCC. The Kier molecular flexibility index (Phi) is 21.3. The van der Waals surface area contributed by atoms with Crippen molar-refractivity contribution in [3.63, 3.8) is 0 Å². The van der Waals surface area contributed by atoms with Crippen LogP contribution in [0.5, 0.6) is 0 Å². The van der Waals surface area contributed by atoms with Crippen molar-refractivity contribution in [1.29, 1.82) is 0 Å². The zero-order valence-corrected chi connectivity index (χ0v) is 25.1. The molecule has 0 saturated carbocycles. The average Bonchev–Trinajstić information content (AvgIpc) is 2.81. The molecule has 0 amide bonds. The monoisotopic (exact) mass is 552 g/mol. The first-order chi connectivity index (χ1) is 17.5. The molecule has 37 heavy (non-hydrogen) atoms. The Morgan fingerprint density at radius 3 is 1.73 bits per heavy atom. The van der Waals surface area contributed by atoms with E-state index >= 15 is 0 Å². The molecule has 220 valence electrons. The molecule has 0 radical (unpaired) electrons. The molecule has 0 bridgehead atoms. The highest BCUT2D eigenvalue weighted by molar-refractivity contribution is 7.47. The summed E-state index contributed by atoms with van der Waals surface area (Å²) in [5.41, 5.74) is 0. The maximum absolute atomic E-state index is 12.3. The second-order valence-corrected chi connectivity index (χ2v) is 12.2. The lowest BCUT2D eigenvalue weighted by Crippen LogP contribution is -2.37.